The van der Waals surface area contributed by atoms with E-state index < -0.39 is 0 Å². The zero-order valence-corrected chi connectivity index (χ0v) is 10.1. The van der Waals surface area contributed by atoms with E-state index in [0.29, 0.717) is 6.04 Å². The second-order valence-corrected chi connectivity index (χ2v) is 4.74. The average Bonchev–Trinajstić information content (AvgIpc) is 2.16. The summed E-state index contributed by atoms with van der Waals surface area (Å²) < 4.78 is 0. The molecule has 2 nitrogen and oxygen atoms in total. The molecule has 1 aromatic carbocycles. The van der Waals surface area contributed by atoms with Crippen LogP contribution < -0.4 is 5.32 Å². The summed E-state index contributed by atoms with van der Waals surface area (Å²) in [6.07, 6.45) is 1.20. The Balaban J connectivity index is 2.51. The van der Waals surface area contributed by atoms with Crippen molar-refractivity contribution in [2.45, 2.75) is 26.3 Å². The third-order valence-electron chi connectivity index (χ3n) is 3.22. The number of anilines is 1. The van der Waals surface area contributed by atoms with E-state index >= 15 is 0 Å². The van der Waals surface area contributed by atoms with Gasteiger partial charge in [-0.05, 0) is 57.1 Å². The molecule has 0 aromatic heterocycles. The molecule has 1 heterocycles. The topological polar surface area (TPSA) is 15.3 Å². The van der Waals surface area contributed by atoms with Crippen LogP contribution in [0.15, 0.2) is 12.1 Å². The highest BCUT2D eigenvalue weighted by Gasteiger charge is 2.23. The number of hydrogen-bond donors (Lipinski definition) is 1. The first-order valence-electron chi connectivity index (χ1n) is 5.61. The lowest BCUT2D eigenvalue weighted by Crippen LogP contribution is -2.28. The van der Waals surface area contributed by atoms with Crippen molar-refractivity contribution < 1.29 is 0 Å². The lowest BCUT2D eigenvalue weighted by atomic mass is 9.91. The lowest BCUT2D eigenvalue weighted by Gasteiger charge is -2.33. The Bertz CT molecular complexity index is 369. The van der Waals surface area contributed by atoms with Crippen molar-refractivity contribution in [1.82, 2.24) is 4.90 Å². The van der Waals surface area contributed by atoms with Crippen molar-refractivity contribution in [2.75, 3.05) is 26.0 Å². The Hall–Kier alpha value is -1.02. The van der Waals surface area contributed by atoms with Gasteiger partial charge in [0.05, 0.1) is 0 Å². The summed E-state index contributed by atoms with van der Waals surface area (Å²) in [6, 6.07) is 5.11. The van der Waals surface area contributed by atoms with E-state index in [-0.39, 0.29) is 0 Å². The first kappa shape index (κ1) is 10.5. The van der Waals surface area contributed by atoms with Crippen LogP contribution in [0.4, 0.5) is 5.69 Å². The number of benzene rings is 1. The summed E-state index contributed by atoms with van der Waals surface area (Å²) in [6.45, 7) is 5.46. The van der Waals surface area contributed by atoms with E-state index in [4.69, 9.17) is 0 Å². The van der Waals surface area contributed by atoms with Crippen LogP contribution in [0.2, 0.25) is 0 Å². The molecule has 0 radical (unpaired) electrons. The second-order valence-electron chi connectivity index (χ2n) is 4.74. The summed E-state index contributed by atoms with van der Waals surface area (Å²) in [5.41, 5.74) is 5.57. The summed E-state index contributed by atoms with van der Waals surface area (Å²) in [5.74, 6) is 0. The van der Waals surface area contributed by atoms with Gasteiger partial charge in [-0.1, -0.05) is 6.07 Å². The molecule has 1 unspecified atom stereocenters. The highest BCUT2D eigenvalue weighted by atomic mass is 15.1. The number of rotatable bonds is 1. The monoisotopic (exact) mass is 204 g/mol. The van der Waals surface area contributed by atoms with Crippen molar-refractivity contribution >= 4 is 5.69 Å². The van der Waals surface area contributed by atoms with Gasteiger partial charge < -0.3 is 10.2 Å². The van der Waals surface area contributed by atoms with Crippen LogP contribution in [0.1, 0.15) is 29.2 Å². The Morgan fingerprint density at radius 1 is 1.27 bits per heavy atom. The first-order chi connectivity index (χ1) is 7.09. The summed E-state index contributed by atoms with van der Waals surface area (Å²) in [5, 5.41) is 3.50. The van der Waals surface area contributed by atoms with Crippen molar-refractivity contribution in [2.24, 2.45) is 0 Å². The third-order valence-corrected chi connectivity index (χ3v) is 3.22. The quantitative estimate of drug-likeness (QED) is 0.756. The van der Waals surface area contributed by atoms with E-state index in [0.717, 1.165) is 6.54 Å². The molecule has 0 aliphatic carbocycles. The normalized spacial score (nSPS) is 19.9. The highest BCUT2D eigenvalue weighted by Crippen LogP contribution is 2.35. The van der Waals surface area contributed by atoms with E-state index in [1.54, 1.807) is 0 Å². The smallest absolute Gasteiger partial charge is 0.0394 e. The number of fused-ring (bicyclic) bond motifs is 1. The molecule has 1 aliphatic rings. The largest absolute Gasteiger partial charge is 0.385 e. The zero-order valence-electron chi connectivity index (χ0n) is 10.1. The van der Waals surface area contributed by atoms with E-state index in [1.165, 1.54) is 28.8 Å². The molecule has 0 amide bonds. The second kappa shape index (κ2) is 3.86. The maximum absolute atomic E-state index is 3.50. The Labute approximate surface area is 92.3 Å². The molecule has 1 aliphatic heterocycles. The van der Waals surface area contributed by atoms with Crippen molar-refractivity contribution in [3.63, 3.8) is 0 Å². The van der Waals surface area contributed by atoms with Crippen LogP contribution in [0.3, 0.4) is 0 Å². The van der Waals surface area contributed by atoms with E-state index in [2.05, 4.69) is 50.3 Å². The van der Waals surface area contributed by atoms with Crippen LogP contribution in [0.5, 0.6) is 0 Å². The molecule has 2 heteroatoms. The molecule has 15 heavy (non-hydrogen) atoms. The maximum atomic E-state index is 3.50. The van der Waals surface area contributed by atoms with Crippen LogP contribution in [0.25, 0.3) is 0 Å². The van der Waals surface area contributed by atoms with Gasteiger partial charge in [0.15, 0.2) is 0 Å². The van der Waals surface area contributed by atoms with Crippen molar-refractivity contribution in [1.29, 1.82) is 0 Å². The molecule has 0 spiro atoms. The van der Waals surface area contributed by atoms with Gasteiger partial charge in [-0.2, -0.15) is 0 Å². The predicted octanol–water partition coefficient (Wildman–Crippen LogP) is 2.72. The average molecular weight is 204 g/mol. The van der Waals surface area contributed by atoms with Gasteiger partial charge in [-0.25, -0.2) is 0 Å². The minimum Gasteiger partial charge on any atom is -0.385 e. The Morgan fingerprint density at radius 2 is 2.00 bits per heavy atom. The van der Waals surface area contributed by atoms with Gasteiger partial charge in [0.25, 0.3) is 0 Å². The van der Waals surface area contributed by atoms with Gasteiger partial charge in [0, 0.05) is 18.3 Å². The number of aryl methyl sites for hydroxylation is 2. The van der Waals surface area contributed by atoms with Gasteiger partial charge in [-0.3, -0.25) is 0 Å². The molecule has 1 atom stereocenters. The fraction of sp³-hybridized carbons (Fsp3) is 0.538. The molecule has 0 fully saturated rings. The molecule has 0 bridgehead atoms. The minimum absolute atomic E-state index is 0.571. The minimum atomic E-state index is 0.571. The molecule has 1 aromatic rings. The molecule has 0 saturated carbocycles. The molecule has 1 N–H and O–H groups in total. The van der Waals surface area contributed by atoms with Crippen LogP contribution in [-0.4, -0.2) is 25.5 Å². The molecular weight excluding hydrogens is 184 g/mol. The number of hydrogen-bond acceptors (Lipinski definition) is 2. The molecule has 0 saturated heterocycles. The fourth-order valence-electron chi connectivity index (χ4n) is 2.57. The standard InChI is InChI=1S/C13H20N2/c1-9-7-10(2)13-11(8-9)14-6-5-12(13)15(3)4/h7-8,12,14H,5-6H2,1-4H3. The zero-order chi connectivity index (χ0) is 11.0. The first-order valence-corrected chi connectivity index (χ1v) is 5.61. The van der Waals surface area contributed by atoms with Crippen molar-refractivity contribution in [3.05, 3.63) is 28.8 Å². The lowest BCUT2D eigenvalue weighted by molar-refractivity contribution is 0.284. The van der Waals surface area contributed by atoms with E-state index in [1.807, 2.05) is 0 Å². The van der Waals surface area contributed by atoms with Gasteiger partial charge >= 0.3 is 0 Å². The van der Waals surface area contributed by atoms with Crippen LogP contribution >= 0.6 is 0 Å². The third kappa shape index (κ3) is 1.86. The number of nitrogens with zero attached hydrogens (tertiary/aromatic N) is 1. The summed E-state index contributed by atoms with van der Waals surface area (Å²) in [4.78, 5) is 2.32. The summed E-state index contributed by atoms with van der Waals surface area (Å²) >= 11 is 0. The summed E-state index contributed by atoms with van der Waals surface area (Å²) in [7, 11) is 4.33. The van der Waals surface area contributed by atoms with Crippen molar-refractivity contribution in [3.8, 4) is 0 Å². The number of nitrogens with one attached hydrogen (secondary N) is 1. The molecule has 82 valence electrons. The highest BCUT2D eigenvalue weighted by molar-refractivity contribution is 5.59. The molecule has 2 rings (SSSR count). The van der Waals surface area contributed by atoms with Gasteiger partial charge in [-0.15, -0.1) is 0 Å². The van der Waals surface area contributed by atoms with Gasteiger partial charge in [0.2, 0.25) is 0 Å². The Kier molecular flexibility index (Phi) is 2.70. The SMILES string of the molecule is Cc1cc(C)c2c(c1)NCCC2N(C)C. The predicted molar refractivity (Wildman–Crippen MR) is 65.5 cm³/mol. The van der Waals surface area contributed by atoms with E-state index in [9.17, 15) is 0 Å². The van der Waals surface area contributed by atoms with Gasteiger partial charge in [0.1, 0.15) is 0 Å². The maximum Gasteiger partial charge on any atom is 0.0394 e. The molecular formula is C13H20N2. The Morgan fingerprint density at radius 3 is 2.67 bits per heavy atom. The van der Waals surface area contributed by atoms with Crippen LogP contribution in [-0.2, 0) is 0 Å². The fourth-order valence-corrected chi connectivity index (χ4v) is 2.57. The van der Waals surface area contributed by atoms with Crippen LogP contribution in [0, 0.1) is 13.8 Å².